The quantitative estimate of drug-likeness (QED) is 0.920. The molecule has 0 aliphatic carbocycles. The summed E-state index contributed by atoms with van der Waals surface area (Å²) in [6.07, 6.45) is 3.59. The molecule has 0 radical (unpaired) electrons. The molecular formula is C18H21N3O4. The first-order valence-electron chi connectivity index (χ1n) is 8.20. The second kappa shape index (κ2) is 7.38. The van der Waals surface area contributed by atoms with E-state index in [9.17, 15) is 14.7 Å². The Hall–Kier alpha value is -2.83. The van der Waals surface area contributed by atoms with Crippen LogP contribution in [0.4, 0.5) is 4.79 Å². The molecule has 1 aromatic heterocycles. The zero-order valence-electron chi connectivity index (χ0n) is 14.0. The number of aromatic nitrogens is 2. The largest absolute Gasteiger partial charge is 0.481 e. The first-order chi connectivity index (χ1) is 12.0. The molecule has 7 nitrogen and oxygen atoms in total. The fourth-order valence-corrected chi connectivity index (χ4v) is 3.13. The van der Waals surface area contributed by atoms with Crippen molar-refractivity contribution in [1.29, 1.82) is 0 Å². The molecule has 2 atom stereocenters. The molecule has 132 valence electrons. The molecule has 0 bridgehead atoms. The highest BCUT2D eigenvalue weighted by Crippen LogP contribution is 2.30. The van der Waals surface area contributed by atoms with Crippen LogP contribution >= 0.6 is 0 Å². The van der Waals surface area contributed by atoms with Crippen molar-refractivity contribution in [2.45, 2.75) is 18.9 Å². The van der Waals surface area contributed by atoms with E-state index in [0.29, 0.717) is 13.0 Å². The first kappa shape index (κ1) is 17.0. The van der Waals surface area contributed by atoms with Gasteiger partial charge in [0.1, 0.15) is 6.61 Å². The van der Waals surface area contributed by atoms with Crippen LogP contribution in [0.5, 0.6) is 0 Å². The van der Waals surface area contributed by atoms with Gasteiger partial charge in [0.2, 0.25) is 0 Å². The number of likely N-dealkylation sites (tertiary alicyclic amines) is 1. The van der Waals surface area contributed by atoms with E-state index in [1.807, 2.05) is 43.6 Å². The molecule has 3 rings (SSSR count). The smallest absolute Gasteiger partial charge is 0.410 e. The van der Waals surface area contributed by atoms with Crippen LogP contribution in [-0.4, -0.2) is 44.9 Å². The van der Waals surface area contributed by atoms with Crippen LogP contribution in [0.1, 0.15) is 23.5 Å². The number of carboxylic acid groups (broad SMARTS) is 1. The van der Waals surface area contributed by atoms with Crippen molar-refractivity contribution < 1.29 is 19.4 Å². The third-order valence-electron chi connectivity index (χ3n) is 4.46. The predicted molar refractivity (Wildman–Crippen MR) is 89.9 cm³/mol. The summed E-state index contributed by atoms with van der Waals surface area (Å²) in [7, 11) is 1.81. The summed E-state index contributed by atoms with van der Waals surface area (Å²) in [5, 5.41) is 13.6. The third kappa shape index (κ3) is 4.17. The van der Waals surface area contributed by atoms with Crippen molar-refractivity contribution in [3.05, 3.63) is 53.9 Å². The molecule has 1 N–H and O–H groups in total. The van der Waals surface area contributed by atoms with Gasteiger partial charge in [-0.2, -0.15) is 5.10 Å². The molecule has 2 heterocycles. The van der Waals surface area contributed by atoms with Crippen molar-refractivity contribution in [3.63, 3.8) is 0 Å². The maximum Gasteiger partial charge on any atom is 0.410 e. The summed E-state index contributed by atoms with van der Waals surface area (Å²) in [6.45, 7) is 0.772. The zero-order valence-corrected chi connectivity index (χ0v) is 14.0. The number of carboxylic acids is 1. The van der Waals surface area contributed by atoms with Crippen molar-refractivity contribution in [2.24, 2.45) is 13.0 Å². The Bertz CT molecular complexity index is 744. The van der Waals surface area contributed by atoms with E-state index in [4.69, 9.17) is 4.74 Å². The highest BCUT2D eigenvalue weighted by atomic mass is 16.6. The summed E-state index contributed by atoms with van der Waals surface area (Å²) in [4.78, 5) is 25.4. The zero-order chi connectivity index (χ0) is 17.8. The monoisotopic (exact) mass is 343 g/mol. The summed E-state index contributed by atoms with van der Waals surface area (Å²) in [5.74, 6) is -1.56. The molecule has 1 aliphatic heterocycles. The van der Waals surface area contributed by atoms with Gasteiger partial charge in [0.05, 0.1) is 12.1 Å². The number of piperidine rings is 1. The van der Waals surface area contributed by atoms with E-state index >= 15 is 0 Å². The van der Waals surface area contributed by atoms with E-state index in [1.165, 1.54) is 4.90 Å². The number of aliphatic carboxylic acids is 1. The average molecular weight is 343 g/mol. The summed E-state index contributed by atoms with van der Waals surface area (Å²) < 4.78 is 7.04. The molecule has 25 heavy (non-hydrogen) atoms. The lowest BCUT2D eigenvalue weighted by Crippen LogP contribution is -2.45. The summed E-state index contributed by atoms with van der Waals surface area (Å²) in [5.41, 5.74) is 1.83. The Kier molecular flexibility index (Phi) is 5.02. The van der Waals surface area contributed by atoms with Crippen LogP contribution in [0.15, 0.2) is 42.7 Å². The van der Waals surface area contributed by atoms with Crippen LogP contribution in [0.3, 0.4) is 0 Å². The van der Waals surface area contributed by atoms with Gasteiger partial charge in [0.15, 0.2) is 0 Å². The van der Waals surface area contributed by atoms with Crippen molar-refractivity contribution in [1.82, 2.24) is 14.7 Å². The molecule has 1 aromatic carbocycles. The lowest BCUT2D eigenvalue weighted by Gasteiger charge is -2.35. The lowest BCUT2D eigenvalue weighted by atomic mass is 9.86. The van der Waals surface area contributed by atoms with Crippen molar-refractivity contribution in [3.8, 4) is 0 Å². The molecule has 1 saturated heterocycles. The number of aryl methyl sites for hydroxylation is 1. The summed E-state index contributed by atoms with van der Waals surface area (Å²) in [6, 6.07) is 9.40. The van der Waals surface area contributed by atoms with Crippen LogP contribution in [0.2, 0.25) is 0 Å². The molecule has 0 spiro atoms. The topological polar surface area (TPSA) is 84.7 Å². The first-order valence-corrected chi connectivity index (χ1v) is 8.20. The molecule has 0 saturated carbocycles. The van der Waals surface area contributed by atoms with E-state index in [1.54, 1.807) is 10.9 Å². The van der Waals surface area contributed by atoms with E-state index in [2.05, 4.69) is 5.10 Å². The molecule has 1 amide bonds. The van der Waals surface area contributed by atoms with Gasteiger partial charge in [-0.05, 0) is 17.5 Å². The number of amides is 1. The average Bonchev–Trinajstić information content (AvgIpc) is 3.06. The molecular weight excluding hydrogens is 322 g/mol. The fraction of sp³-hybridized carbons (Fsp3) is 0.389. The number of hydrogen-bond donors (Lipinski definition) is 1. The maximum atomic E-state index is 12.4. The van der Waals surface area contributed by atoms with Gasteiger partial charge < -0.3 is 14.7 Å². The number of carbonyl (C=O) groups excluding carboxylic acids is 1. The van der Waals surface area contributed by atoms with Gasteiger partial charge in [-0.1, -0.05) is 30.3 Å². The minimum atomic E-state index is -0.894. The molecule has 1 aliphatic rings. The Balaban J connectivity index is 1.68. The van der Waals surface area contributed by atoms with Gasteiger partial charge in [0.25, 0.3) is 0 Å². The van der Waals surface area contributed by atoms with Crippen LogP contribution in [-0.2, 0) is 23.2 Å². The summed E-state index contributed by atoms with van der Waals surface area (Å²) >= 11 is 0. The molecule has 2 aromatic rings. The second-order valence-corrected chi connectivity index (χ2v) is 6.36. The van der Waals surface area contributed by atoms with Gasteiger partial charge in [0, 0.05) is 32.3 Å². The minimum Gasteiger partial charge on any atom is -0.481 e. The van der Waals surface area contributed by atoms with Gasteiger partial charge in [-0.3, -0.25) is 9.48 Å². The van der Waals surface area contributed by atoms with Gasteiger partial charge in [-0.15, -0.1) is 0 Å². The predicted octanol–water partition coefficient (Wildman–Crippen LogP) is 2.25. The molecule has 2 unspecified atom stereocenters. The fourth-order valence-electron chi connectivity index (χ4n) is 3.13. The standard InChI is InChI=1S/C18H21N3O4/c1-20-9-16(8-19-20)14-7-15(17(22)23)11-21(10-14)18(24)25-12-13-5-3-2-4-6-13/h2-6,8-9,14-15H,7,10-12H2,1H3,(H,22,23). The number of benzene rings is 1. The molecule has 7 heteroatoms. The maximum absolute atomic E-state index is 12.4. The van der Waals surface area contributed by atoms with E-state index in [-0.39, 0.29) is 19.1 Å². The number of nitrogens with zero attached hydrogens (tertiary/aromatic N) is 3. The highest BCUT2D eigenvalue weighted by molar-refractivity contribution is 5.73. The van der Waals surface area contributed by atoms with Gasteiger partial charge >= 0.3 is 12.1 Å². The van der Waals surface area contributed by atoms with Crippen molar-refractivity contribution in [2.75, 3.05) is 13.1 Å². The number of ether oxygens (including phenoxy) is 1. The lowest BCUT2D eigenvalue weighted by molar-refractivity contribution is -0.143. The number of hydrogen-bond acceptors (Lipinski definition) is 4. The Labute approximate surface area is 145 Å². The van der Waals surface area contributed by atoms with Crippen molar-refractivity contribution >= 4 is 12.1 Å². The Morgan fingerprint density at radius 2 is 2.04 bits per heavy atom. The molecule has 1 fully saturated rings. The third-order valence-corrected chi connectivity index (χ3v) is 4.46. The normalized spacial score (nSPS) is 20.3. The second-order valence-electron chi connectivity index (χ2n) is 6.36. The SMILES string of the molecule is Cn1cc(C2CC(C(=O)O)CN(C(=O)OCc3ccccc3)C2)cn1. The Morgan fingerprint density at radius 3 is 2.68 bits per heavy atom. The Morgan fingerprint density at radius 1 is 1.28 bits per heavy atom. The van der Waals surface area contributed by atoms with Crippen LogP contribution < -0.4 is 0 Å². The van der Waals surface area contributed by atoms with Crippen LogP contribution in [0.25, 0.3) is 0 Å². The van der Waals surface area contributed by atoms with E-state index < -0.39 is 18.0 Å². The number of rotatable bonds is 4. The van der Waals surface area contributed by atoms with E-state index in [0.717, 1.165) is 11.1 Å². The highest BCUT2D eigenvalue weighted by Gasteiger charge is 2.35. The van der Waals surface area contributed by atoms with Gasteiger partial charge in [-0.25, -0.2) is 4.79 Å². The number of carbonyl (C=O) groups is 2. The van der Waals surface area contributed by atoms with Crippen LogP contribution in [0, 0.1) is 5.92 Å². The minimum absolute atomic E-state index is 0.0622.